The molecule has 0 aromatic heterocycles. The van der Waals surface area contributed by atoms with Crippen molar-refractivity contribution in [3.8, 4) is 0 Å². The summed E-state index contributed by atoms with van der Waals surface area (Å²) in [6.45, 7) is 3.05. The normalized spacial score (nSPS) is 19.2. The van der Waals surface area contributed by atoms with Gasteiger partial charge in [-0.2, -0.15) is 0 Å². The van der Waals surface area contributed by atoms with E-state index in [0.29, 0.717) is 19.3 Å². The average Bonchev–Trinajstić information content (AvgIpc) is 2.80. The van der Waals surface area contributed by atoms with Crippen LogP contribution in [0, 0.1) is 0 Å². The van der Waals surface area contributed by atoms with Crippen LogP contribution in [0.4, 0.5) is 0 Å². The Kier molecular flexibility index (Phi) is 12.3. The van der Waals surface area contributed by atoms with Gasteiger partial charge in [0.15, 0.2) is 12.2 Å². The van der Waals surface area contributed by atoms with Crippen LogP contribution in [-0.4, -0.2) is 48.3 Å². The number of hydrogen-bond acceptors (Lipinski definition) is 8. The maximum Gasteiger partial charge on any atom is 0.347 e. The number of carbonyl (C=O) groups excluding carboxylic acids is 4. The van der Waals surface area contributed by atoms with E-state index in [9.17, 15) is 19.2 Å². The molecule has 2 rings (SSSR count). The predicted molar refractivity (Wildman–Crippen MR) is 120 cm³/mol. The topological polar surface area (TPSA) is 105 Å². The SMILES string of the molecule is CC(OC(=O)CCCCCC(=O)O[C@@H](C)C(=O)OC1CCCCC1)C(=O)OC1CCCCC1. The summed E-state index contributed by atoms with van der Waals surface area (Å²) in [5, 5.41) is 0. The Morgan fingerprint density at radius 1 is 0.606 bits per heavy atom. The van der Waals surface area contributed by atoms with Crippen molar-refractivity contribution in [2.75, 3.05) is 0 Å². The number of ether oxygens (including phenoxy) is 4. The second kappa shape index (κ2) is 14.9. The van der Waals surface area contributed by atoms with Gasteiger partial charge in [0.2, 0.25) is 0 Å². The first-order chi connectivity index (χ1) is 15.8. The van der Waals surface area contributed by atoms with Gasteiger partial charge in [0.05, 0.1) is 0 Å². The summed E-state index contributed by atoms with van der Waals surface area (Å²) >= 11 is 0. The van der Waals surface area contributed by atoms with Gasteiger partial charge in [0, 0.05) is 12.8 Å². The third-order valence-electron chi connectivity index (χ3n) is 6.21. The molecular formula is C25H40O8. The predicted octanol–water partition coefficient (Wildman–Crippen LogP) is 4.55. The fraction of sp³-hybridized carbons (Fsp3) is 0.840. The second-order valence-corrected chi connectivity index (χ2v) is 9.22. The lowest BCUT2D eigenvalue weighted by Crippen LogP contribution is -2.31. The van der Waals surface area contributed by atoms with Crippen LogP contribution in [0.1, 0.15) is 110 Å². The Hall–Kier alpha value is -2.12. The van der Waals surface area contributed by atoms with Crippen LogP contribution in [0.15, 0.2) is 0 Å². The van der Waals surface area contributed by atoms with E-state index in [2.05, 4.69) is 0 Å². The van der Waals surface area contributed by atoms with Gasteiger partial charge in [-0.15, -0.1) is 0 Å². The Labute approximate surface area is 197 Å². The van der Waals surface area contributed by atoms with Crippen LogP contribution in [0.2, 0.25) is 0 Å². The molecule has 0 spiro atoms. The highest BCUT2D eigenvalue weighted by molar-refractivity contribution is 5.79. The van der Waals surface area contributed by atoms with E-state index in [1.807, 2.05) is 0 Å². The third kappa shape index (κ3) is 11.0. The number of esters is 4. The fourth-order valence-electron chi connectivity index (χ4n) is 4.21. The van der Waals surface area contributed by atoms with Crippen molar-refractivity contribution in [3.63, 3.8) is 0 Å². The molecular weight excluding hydrogens is 428 g/mol. The van der Waals surface area contributed by atoms with E-state index in [0.717, 1.165) is 51.4 Å². The van der Waals surface area contributed by atoms with E-state index in [1.165, 1.54) is 26.7 Å². The fourth-order valence-corrected chi connectivity index (χ4v) is 4.21. The standard InChI is InChI=1S/C25H40O8/c1-18(24(28)32-20-12-6-3-7-13-20)30-22(26)16-10-5-11-17-23(27)31-19(2)25(29)33-21-14-8-4-9-15-21/h18-21H,3-17H2,1-2H3/t18-,19?/m0/s1. The Morgan fingerprint density at radius 3 is 1.33 bits per heavy atom. The van der Waals surface area contributed by atoms with E-state index in [4.69, 9.17) is 18.9 Å². The first-order valence-electron chi connectivity index (χ1n) is 12.6. The van der Waals surface area contributed by atoms with Crippen molar-refractivity contribution in [1.82, 2.24) is 0 Å². The average molecular weight is 469 g/mol. The zero-order valence-corrected chi connectivity index (χ0v) is 20.2. The van der Waals surface area contributed by atoms with Gasteiger partial charge in [-0.25, -0.2) is 9.59 Å². The van der Waals surface area contributed by atoms with Gasteiger partial charge >= 0.3 is 23.9 Å². The Bertz CT molecular complexity index is 580. The number of hydrogen-bond donors (Lipinski definition) is 0. The molecule has 2 atom stereocenters. The van der Waals surface area contributed by atoms with Crippen molar-refractivity contribution in [1.29, 1.82) is 0 Å². The third-order valence-corrected chi connectivity index (χ3v) is 6.21. The first-order valence-corrected chi connectivity index (χ1v) is 12.6. The minimum absolute atomic E-state index is 0.0657. The van der Waals surface area contributed by atoms with Gasteiger partial charge in [0.1, 0.15) is 12.2 Å². The minimum Gasteiger partial charge on any atom is -0.460 e. The number of carbonyl (C=O) groups is 4. The van der Waals surface area contributed by atoms with Crippen molar-refractivity contribution in [2.24, 2.45) is 0 Å². The minimum atomic E-state index is -0.913. The van der Waals surface area contributed by atoms with Gasteiger partial charge in [-0.3, -0.25) is 9.59 Å². The smallest absolute Gasteiger partial charge is 0.347 e. The number of unbranched alkanes of at least 4 members (excludes halogenated alkanes) is 2. The molecule has 188 valence electrons. The summed E-state index contributed by atoms with van der Waals surface area (Å²) < 4.78 is 21.2. The lowest BCUT2D eigenvalue weighted by atomic mass is 9.98. The lowest BCUT2D eigenvalue weighted by molar-refractivity contribution is -0.171. The van der Waals surface area contributed by atoms with Gasteiger partial charge < -0.3 is 18.9 Å². The van der Waals surface area contributed by atoms with Crippen LogP contribution in [0.25, 0.3) is 0 Å². The summed E-state index contributed by atoms with van der Waals surface area (Å²) in [7, 11) is 0. The van der Waals surface area contributed by atoms with E-state index in [1.54, 1.807) is 0 Å². The van der Waals surface area contributed by atoms with Crippen LogP contribution in [-0.2, 0) is 38.1 Å². The molecule has 0 radical (unpaired) electrons. The molecule has 0 aromatic carbocycles. The molecule has 33 heavy (non-hydrogen) atoms. The van der Waals surface area contributed by atoms with Crippen LogP contribution >= 0.6 is 0 Å². The van der Waals surface area contributed by atoms with Gasteiger partial charge in [-0.05, 0) is 78.1 Å². The molecule has 8 heteroatoms. The van der Waals surface area contributed by atoms with Crippen molar-refractivity contribution in [3.05, 3.63) is 0 Å². The monoisotopic (exact) mass is 468 g/mol. The highest BCUT2D eigenvalue weighted by Gasteiger charge is 2.25. The number of rotatable bonds is 12. The summed E-state index contributed by atoms with van der Waals surface area (Å²) in [4.78, 5) is 48.0. The molecule has 2 fully saturated rings. The summed E-state index contributed by atoms with van der Waals surface area (Å²) in [6.07, 6.45) is 10.1. The van der Waals surface area contributed by atoms with Crippen LogP contribution in [0.5, 0.6) is 0 Å². The van der Waals surface area contributed by atoms with E-state index < -0.39 is 36.1 Å². The summed E-state index contributed by atoms with van der Waals surface area (Å²) in [6, 6.07) is 0. The molecule has 2 aliphatic carbocycles. The zero-order chi connectivity index (χ0) is 24.1. The molecule has 0 aliphatic heterocycles. The molecule has 1 unspecified atom stereocenters. The first kappa shape index (κ1) is 27.1. The van der Waals surface area contributed by atoms with Crippen molar-refractivity contribution in [2.45, 2.75) is 135 Å². The quantitative estimate of drug-likeness (QED) is 0.233. The molecule has 0 amide bonds. The maximum atomic E-state index is 12.1. The Balaban J connectivity index is 1.51. The molecule has 2 saturated carbocycles. The van der Waals surface area contributed by atoms with E-state index >= 15 is 0 Å². The van der Waals surface area contributed by atoms with Crippen molar-refractivity contribution < 1.29 is 38.1 Å². The molecule has 0 bridgehead atoms. The highest BCUT2D eigenvalue weighted by Crippen LogP contribution is 2.22. The lowest BCUT2D eigenvalue weighted by Gasteiger charge is -2.23. The molecule has 0 saturated heterocycles. The molecule has 0 N–H and O–H groups in total. The zero-order valence-electron chi connectivity index (χ0n) is 20.2. The largest absolute Gasteiger partial charge is 0.460 e. The van der Waals surface area contributed by atoms with Gasteiger partial charge in [0.25, 0.3) is 0 Å². The Morgan fingerprint density at radius 2 is 0.970 bits per heavy atom. The van der Waals surface area contributed by atoms with Gasteiger partial charge in [-0.1, -0.05) is 19.3 Å². The van der Waals surface area contributed by atoms with E-state index in [-0.39, 0.29) is 25.0 Å². The molecule has 0 aromatic rings. The summed E-state index contributed by atoms with van der Waals surface area (Å²) in [5.74, 6) is -1.89. The molecule has 0 heterocycles. The van der Waals surface area contributed by atoms with Crippen LogP contribution < -0.4 is 0 Å². The van der Waals surface area contributed by atoms with Crippen molar-refractivity contribution >= 4 is 23.9 Å². The maximum absolute atomic E-state index is 12.1. The van der Waals surface area contributed by atoms with Crippen LogP contribution in [0.3, 0.4) is 0 Å². The second-order valence-electron chi connectivity index (χ2n) is 9.22. The summed E-state index contributed by atoms with van der Waals surface area (Å²) in [5.41, 5.74) is 0. The highest BCUT2D eigenvalue weighted by atomic mass is 16.6. The molecule has 8 nitrogen and oxygen atoms in total. The molecule has 2 aliphatic rings.